The van der Waals surface area contributed by atoms with E-state index in [9.17, 15) is 9.59 Å². The first kappa shape index (κ1) is 21.0. The molecule has 0 saturated heterocycles. The predicted molar refractivity (Wildman–Crippen MR) is 128 cm³/mol. The molecule has 5 nitrogen and oxygen atoms in total. The van der Waals surface area contributed by atoms with Crippen molar-refractivity contribution in [3.63, 3.8) is 0 Å². The third-order valence-electron chi connectivity index (χ3n) is 5.44. The van der Waals surface area contributed by atoms with Crippen molar-refractivity contribution in [3.8, 4) is 11.1 Å². The van der Waals surface area contributed by atoms with Gasteiger partial charge in [0.2, 0.25) is 5.91 Å². The summed E-state index contributed by atoms with van der Waals surface area (Å²) >= 11 is 1.45. The highest BCUT2D eigenvalue weighted by Gasteiger charge is 2.18. The van der Waals surface area contributed by atoms with E-state index >= 15 is 0 Å². The van der Waals surface area contributed by atoms with Crippen molar-refractivity contribution in [2.45, 2.75) is 33.2 Å². The Morgan fingerprint density at radius 3 is 2.45 bits per heavy atom. The standard InChI is InChI=1S/C25H25N3O2S/c1-4-28(20-8-6-5-7-9-20)22(29)14-27-16-26-24-23(25(27)30)21(15-31-24)19-12-10-18(11-13-19)17(2)3/h5-13,15-17H,4,14H2,1-3H3. The van der Waals surface area contributed by atoms with E-state index in [4.69, 9.17) is 0 Å². The second-order valence-corrected chi connectivity index (χ2v) is 8.62. The van der Waals surface area contributed by atoms with Crippen LogP contribution >= 0.6 is 11.3 Å². The lowest BCUT2D eigenvalue weighted by Crippen LogP contribution is -2.36. The maximum Gasteiger partial charge on any atom is 0.263 e. The number of fused-ring (bicyclic) bond motifs is 1. The highest BCUT2D eigenvalue weighted by atomic mass is 32.1. The number of likely N-dealkylation sites (N-methyl/N-ethyl adjacent to an activating group) is 1. The summed E-state index contributed by atoms with van der Waals surface area (Å²) in [6, 6.07) is 17.8. The summed E-state index contributed by atoms with van der Waals surface area (Å²) in [5.74, 6) is 0.305. The Balaban J connectivity index is 1.69. The molecule has 0 spiro atoms. The van der Waals surface area contributed by atoms with Gasteiger partial charge >= 0.3 is 0 Å². The molecule has 0 N–H and O–H groups in total. The Morgan fingerprint density at radius 2 is 1.81 bits per heavy atom. The van der Waals surface area contributed by atoms with E-state index in [1.54, 1.807) is 4.90 Å². The minimum Gasteiger partial charge on any atom is -0.311 e. The number of hydrogen-bond donors (Lipinski definition) is 0. The average Bonchev–Trinajstić information content (AvgIpc) is 3.22. The SMILES string of the molecule is CCN(C(=O)Cn1cnc2scc(-c3ccc(C(C)C)cc3)c2c1=O)c1ccccc1. The van der Waals surface area contributed by atoms with Gasteiger partial charge in [-0.15, -0.1) is 11.3 Å². The maximum atomic E-state index is 13.3. The van der Waals surface area contributed by atoms with Crippen LogP contribution in [0.25, 0.3) is 21.3 Å². The topological polar surface area (TPSA) is 55.2 Å². The Hall–Kier alpha value is -3.25. The Morgan fingerprint density at radius 1 is 1.10 bits per heavy atom. The lowest BCUT2D eigenvalue weighted by molar-refractivity contribution is -0.119. The predicted octanol–water partition coefficient (Wildman–Crippen LogP) is 5.30. The van der Waals surface area contributed by atoms with Crippen LogP contribution in [0.5, 0.6) is 0 Å². The zero-order valence-electron chi connectivity index (χ0n) is 17.9. The van der Waals surface area contributed by atoms with Crippen LogP contribution in [0.2, 0.25) is 0 Å². The van der Waals surface area contributed by atoms with Crippen molar-refractivity contribution in [1.29, 1.82) is 0 Å². The van der Waals surface area contributed by atoms with Gasteiger partial charge < -0.3 is 4.90 Å². The third-order valence-corrected chi connectivity index (χ3v) is 6.33. The van der Waals surface area contributed by atoms with Crippen molar-refractivity contribution >= 4 is 33.1 Å². The van der Waals surface area contributed by atoms with Crippen LogP contribution in [-0.2, 0) is 11.3 Å². The molecule has 0 aliphatic carbocycles. The van der Waals surface area contributed by atoms with Gasteiger partial charge in [0.05, 0.1) is 11.7 Å². The minimum atomic E-state index is -0.188. The van der Waals surface area contributed by atoms with E-state index in [-0.39, 0.29) is 18.0 Å². The summed E-state index contributed by atoms with van der Waals surface area (Å²) < 4.78 is 1.41. The molecule has 158 valence electrons. The van der Waals surface area contributed by atoms with Gasteiger partial charge in [-0.25, -0.2) is 4.98 Å². The largest absolute Gasteiger partial charge is 0.311 e. The highest BCUT2D eigenvalue weighted by molar-refractivity contribution is 7.17. The average molecular weight is 432 g/mol. The fourth-order valence-electron chi connectivity index (χ4n) is 3.68. The number of hydrogen-bond acceptors (Lipinski definition) is 4. The third kappa shape index (κ3) is 4.16. The molecule has 31 heavy (non-hydrogen) atoms. The number of thiophene rings is 1. The van der Waals surface area contributed by atoms with Crippen LogP contribution in [0.4, 0.5) is 5.69 Å². The molecule has 2 aromatic heterocycles. The second-order valence-electron chi connectivity index (χ2n) is 7.76. The Labute approximate surface area is 185 Å². The normalized spacial score (nSPS) is 11.2. The molecule has 0 fully saturated rings. The van der Waals surface area contributed by atoms with Crippen molar-refractivity contribution in [2.75, 3.05) is 11.4 Å². The Kier molecular flexibility index (Phi) is 6.00. The fraction of sp³-hybridized carbons (Fsp3) is 0.240. The zero-order valence-corrected chi connectivity index (χ0v) is 18.7. The van der Waals surface area contributed by atoms with Gasteiger partial charge in [0, 0.05) is 23.2 Å². The molecule has 0 aliphatic heterocycles. The van der Waals surface area contributed by atoms with E-state index < -0.39 is 0 Å². The van der Waals surface area contributed by atoms with Crippen LogP contribution in [0.15, 0.2) is 71.1 Å². The zero-order chi connectivity index (χ0) is 22.0. The number of anilines is 1. The summed E-state index contributed by atoms with van der Waals surface area (Å²) in [6.07, 6.45) is 1.48. The summed E-state index contributed by atoms with van der Waals surface area (Å²) in [7, 11) is 0. The number of carbonyl (C=O) groups is 1. The molecule has 2 aromatic carbocycles. The van der Waals surface area contributed by atoms with Gasteiger partial charge in [0.25, 0.3) is 5.56 Å². The molecule has 4 aromatic rings. The molecule has 0 atom stereocenters. The lowest BCUT2D eigenvalue weighted by Gasteiger charge is -2.21. The molecule has 2 heterocycles. The van der Waals surface area contributed by atoms with Gasteiger partial charge in [-0.2, -0.15) is 0 Å². The van der Waals surface area contributed by atoms with E-state index in [2.05, 4.69) is 31.0 Å². The van der Waals surface area contributed by atoms with Crippen molar-refractivity contribution in [1.82, 2.24) is 9.55 Å². The van der Waals surface area contributed by atoms with Crippen LogP contribution in [0.1, 0.15) is 32.3 Å². The molecule has 0 unspecified atom stereocenters. The van der Waals surface area contributed by atoms with Crippen LogP contribution < -0.4 is 10.5 Å². The van der Waals surface area contributed by atoms with Gasteiger partial charge in [-0.3, -0.25) is 14.2 Å². The van der Waals surface area contributed by atoms with E-state index in [0.717, 1.165) is 16.8 Å². The van der Waals surface area contributed by atoms with Gasteiger partial charge in [0.15, 0.2) is 0 Å². The summed E-state index contributed by atoms with van der Waals surface area (Å²) in [6.45, 7) is 6.71. The number of aromatic nitrogens is 2. The molecular formula is C25H25N3O2S. The number of para-hydroxylation sites is 1. The number of rotatable bonds is 6. The van der Waals surface area contributed by atoms with Crippen LogP contribution in [0, 0.1) is 0 Å². The van der Waals surface area contributed by atoms with Gasteiger partial charge in [-0.1, -0.05) is 56.3 Å². The number of benzene rings is 2. The first-order valence-corrected chi connectivity index (χ1v) is 11.3. The van der Waals surface area contributed by atoms with Gasteiger partial charge in [0.1, 0.15) is 11.4 Å². The first-order valence-electron chi connectivity index (χ1n) is 10.4. The molecule has 0 radical (unpaired) electrons. The highest BCUT2D eigenvalue weighted by Crippen LogP contribution is 2.31. The first-order chi connectivity index (χ1) is 15.0. The molecule has 0 saturated carbocycles. The van der Waals surface area contributed by atoms with Crippen LogP contribution in [-0.4, -0.2) is 22.0 Å². The quantitative estimate of drug-likeness (QED) is 0.416. The van der Waals surface area contributed by atoms with Gasteiger partial charge in [-0.05, 0) is 36.1 Å². The lowest BCUT2D eigenvalue weighted by atomic mass is 9.99. The summed E-state index contributed by atoms with van der Waals surface area (Å²) in [5.41, 5.74) is 3.73. The fourth-order valence-corrected chi connectivity index (χ4v) is 4.59. The smallest absolute Gasteiger partial charge is 0.263 e. The second kappa shape index (κ2) is 8.86. The maximum absolute atomic E-state index is 13.3. The van der Waals surface area contributed by atoms with Crippen molar-refractivity contribution in [2.24, 2.45) is 0 Å². The number of carbonyl (C=O) groups excluding carboxylic acids is 1. The van der Waals surface area contributed by atoms with Crippen molar-refractivity contribution < 1.29 is 4.79 Å². The molecule has 0 aliphatic rings. The molecular weight excluding hydrogens is 406 g/mol. The molecule has 1 amide bonds. The minimum absolute atomic E-state index is 0.0495. The molecule has 0 bridgehead atoms. The van der Waals surface area contributed by atoms with Crippen LogP contribution in [0.3, 0.4) is 0 Å². The van der Waals surface area contributed by atoms with E-state index in [0.29, 0.717) is 22.7 Å². The van der Waals surface area contributed by atoms with Crippen molar-refractivity contribution in [3.05, 3.63) is 82.2 Å². The molecule has 4 rings (SSSR count). The summed E-state index contributed by atoms with van der Waals surface area (Å²) in [4.78, 5) is 33.1. The summed E-state index contributed by atoms with van der Waals surface area (Å²) in [5, 5.41) is 2.54. The monoisotopic (exact) mass is 431 g/mol. The van der Waals surface area contributed by atoms with E-state index in [1.807, 2.05) is 54.8 Å². The van der Waals surface area contributed by atoms with E-state index in [1.165, 1.54) is 27.8 Å². The number of nitrogens with zero attached hydrogens (tertiary/aromatic N) is 3. The molecule has 6 heteroatoms. The number of amides is 1. The Bertz CT molecular complexity index is 1260.